The molecule has 0 N–H and O–H groups in total. The molecule has 0 saturated heterocycles. The zero-order valence-electron chi connectivity index (χ0n) is 2.68. The van der Waals surface area contributed by atoms with Crippen molar-refractivity contribution in [2.75, 3.05) is 0 Å². The molecular weight excluding hydrogens is 970 g/mol. The van der Waals surface area contributed by atoms with Crippen molar-refractivity contribution in [3.05, 3.63) is 0 Å². The Kier molecular flexibility index (Phi) is 5.08. The third-order valence-corrected chi connectivity index (χ3v) is 0. The fourth-order valence-electron chi connectivity index (χ4n) is 0. The van der Waals surface area contributed by atoms with Gasteiger partial charge in [0, 0.05) is 0 Å². The summed E-state index contributed by atoms with van der Waals surface area (Å²) in [5.41, 5.74) is 0. The van der Waals surface area contributed by atoms with Gasteiger partial charge in [-0.25, -0.2) is 0 Å². The van der Waals surface area contributed by atoms with Gasteiger partial charge in [-0.1, -0.05) is 0 Å². The number of hydrogen-bond donors (Lipinski definition) is 0. The van der Waals surface area contributed by atoms with Crippen LogP contribution in [0.2, 0.25) is 0 Å². The van der Waals surface area contributed by atoms with Gasteiger partial charge in [0.1, 0.15) is 0 Å². The molecule has 0 fully saturated rings. The van der Waals surface area contributed by atoms with Gasteiger partial charge in [0.15, 0.2) is 0 Å². The van der Waals surface area contributed by atoms with Gasteiger partial charge in [-0.3, -0.25) is 0 Å². The van der Waals surface area contributed by atoms with E-state index in [-0.39, 0.29) is 0 Å². The maximum absolute atomic E-state index is 2.58. The van der Waals surface area contributed by atoms with Crippen molar-refractivity contribution in [3.8, 4) is 0 Å². The summed E-state index contributed by atoms with van der Waals surface area (Å²) < 4.78 is -2.49. The number of halogens is 6. The van der Waals surface area contributed by atoms with Crippen molar-refractivity contribution >= 4 is 99.9 Å². The predicted molar refractivity (Wildman–Crippen MR) is 89.9 cm³/mol. The van der Waals surface area contributed by atoms with E-state index in [1.165, 1.54) is 0 Å². The molecule has 0 aromatic carbocycles. The second-order valence-electron chi connectivity index (χ2n) is 0.875. The normalized spacial score (nSPS) is 23.1. The third kappa shape index (κ3) is 34.9. The topological polar surface area (TPSA) is 0 Å². The van der Waals surface area contributed by atoms with E-state index in [1.54, 1.807) is 0 Å². The molecule has 0 aromatic rings. The second-order valence-corrected chi connectivity index (χ2v) is 345. The standard InChI is InChI=1S/6HI.Po/h6*1H;/q;;;;;;+6/p-6. The minimum absolute atomic E-state index is 2.49. The number of hydrogen-bond acceptors (Lipinski definition) is 0. The Morgan fingerprint density at radius 1 is 0.571 bits per heavy atom. The molecule has 0 heterocycles. The number of rotatable bonds is 0. The molecule has 0 saturated carbocycles. The molecule has 48 valence electrons. The molecule has 0 amide bonds. The first-order valence-electron chi connectivity index (χ1n) is 0.926. The molecule has 0 rings (SSSR count). The summed E-state index contributed by atoms with van der Waals surface area (Å²) in [4.78, 5) is 0. The molecular formula is I6Po. The van der Waals surface area contributed by atoms with E-state index in [0.29, 0.717) is 0 Å². The average molecular weight is 970 g/mol. The molecule has 0 unspecified atom stereocenters. The van der Waals surface area contributed by atoms with Gasteiger partial charge in [-0.05, 0) is 0 Å². The van der Waals surface area contributed by atoms with Gasteiger partial charge < -0.3 is 0 Å². The first kappa shape index (κ1) is 12.3. The van der Waals surface area contributed by atoms with Crippen molar-refractivity contribution in [2.45, 2.75) is 0 Å². The van der Waals surface area contributed by atoms with Gasteiger partial charge in [-0.15, -0.1) is 0 Å². The summed E-state index contributed by atoms with van der Waals surface area (Å²) in [7, 11) is 0. The predicted octanol–water partition coefficient (Wildman–Crippen LogP) is 4.93. The Bertz CT molecular complexity index is 62.7. The van der Waals surface area contributed by atoms with Gasteiger partial charge in [0.05, 0.1) is 0 Å². The van der Waals surface area contributed by atoms with E-state index in [2.05, 4.69) is 108 Å². The zero-order chi connectivity index (χ0) is 6.41. The van der Waals surface area contributed by atoms with Crippen LogP contribution < -0.4 is 0 Å². The molecule has 7 heavy (non-hydrogen) atoms. The molecule has 0 aliphatic rings. The Morgan fingerprint density at radius 3 is 0.571 bits per heavy atom. The fraction of sp³-hybridized carbons (Fsp3) is 0. The molecule has 7 heteroatoms. The Labute approximate surface area is 95.3 Å². The average Bonchev–Trinajstić information content (AvgIpc) is 0.592. The van der Waals surface area contributed by atoms with E-state index in [0.717, 1.165) is 0 Å². The molecule has 0 aliphatic carbocycles. The molecule has 0 bridgehead atoms. The van der Waals surface area contributed by atoms with Crippen molar-refractivity contribution in [1.29, 1.82) is 0 Å². The summed E-state index contributed by atoms with van der Waals surface area (Å²) >= 11 is 15.5. The van der Waals surface area contributed by atoms with Crippen LogP contribution in [0.5, 0.6) is 0 Å². The molecule has 0 spiro atoms. The molecule has 0 atom stereocenters. The van der Waals surface area contributed by atoms with Crippen LogP contribution in [0.3, 0.4) is 0 Å². The minimum atomic E-state index is -2.49. The summed E-state index contributed by atoms with van der Waals surface area (Å²) in [5.74, 6) is 0. The second kappa shape index (κ2) is 2.90. The third-order valence-electron chi connectivity index (χ3n) is 0. The van der Waals surface area contributed by atoms with E-state index in [9.17, 15) is 0 Å². The summed E-state index contributed by atoms with van der Waals surface area (Å²) in [5, 5.41) is 0. The van der Waals surface area contributed by atoms with Crippen LogP contribution in [0.15, 0.2) is 0 Å². The fourth-order valence-corrected chi connectivity index (χ4v) is 0. The van der Waals surface area contributed by atoms with Crippen molar-refractivity contribution in [3.63, 3.8) is 0 Å². The van der Waals surface area contributed by atoms with E-state index in [1.807, 2.05) is 0 Å². The first-order chi connectivity index (χ1) is 2.45. The summed E-state index contributed by atoms with van der Waals surface area (Å²) in [6.07, 6.45) is 0. The van der Waals surface area contributed by atoms with Crippen LogP contribution in [0.25, 0.3) is 0 Å². The van der Waals surface area contributed by atoms with Crippen LogP contribution in [0.1, 0.15) is 0 Å². The van der Waals surface area contributed by atoms with E-state index >= 15 is 0 Å². The van der Waals surface area contributed by atoms with Crippen molar-refractivity contribution < 1.29 is 0 Å². The van der Waals surface area contributed by atoms with Crippen LogP contribution in [-0.4, -0.2) is -7.78 Å². The van der Waals surface area contributed by atoms with Crippen LogP contribution in [0, 0.1) is 0 Å². The Morgan fingerprint density at radius 2 is 0.571 bits per heavy atom. The van der Waals surface area contributed by atoms with Crippen LogP contribution >= 0.6 is 108 Å². The SMILES string of the molecule is [I][Po]([I])([I])([I])([I])[I]. The summed E-state index contributed by atoms with van der Waals surface area (Å²) in [6, 6.07) is 0. The van der Waals surface area contributed by atoms with Crippen LogP contribution in [0.4, 0.5) is 0 Å². The quantitative estimate of drug-likeness (QED) is 0.303. The van der Waals surface area contributed by atoms with Gasteiger partial charge in [-0.2, -0.15) is 0 Å². The summed E-state index contributed by atoms with van der Waals surface area (Å²) in [6.45, 7) is 0. The van der Waals surface area contributed by atoms with Crippen LogP contribution in [-0.2, 0) is 0 Å². The zero-order valence-corrected chi connectivity index (χ0v) is 18.8. The maximum atomic E-state index is 2.58. The van der Waals surface area contributed by atoms with E-state index in [4.69, 9.17) is 0 Å². The molecule has 0 radical (unpaired) electrons. The van der Waals surface area contributed by atoms with Gasteiger partial charge >= 0.3 is 99.9 Å². The van der Waals surface area contributed by atoms with Crippen molar-refractivity contribution in [2.24, 2.45) is 0 Å². The van der Waals surface area contributed by atoms with E-state index < -0.39 is -7.78 Å². The molecule has 0 aliphatic heterocycles. The van der Waals surface area contributed by atoms with Gasteiger partial charge in [0.25, 0.3) is 0 Å². The monoisotopic (exact) mass is 970 g/mol. The molecule has 0 aromatic heterocycles. The first-order valence-corrected chi connectivity index (χ1v) is 54.5. The Hall–Kier alpha value is 5.28. The Balaban J connectivity index is 4.43. The van der Waals surface area contributed by atoms with Crippen molar-refractivity contribution in [1.82, 2.24) is 0 Å². The molecule has 0 nitrogen and oxygen atoms in total. The van der Waals surface area contributed by atoms with Gasteiger partial charge in [0.2, 0.25) is 0 Å².